The lowest BCUT2D eigenvalue weighted by atomic mass is 10.3. The van der Waals surface area contributed by atoms with E-state index >= 15 is 0 Å². The van der Waals surface area contributed by atoms with Crippen LogP contribution in [0.3, 0.4) is 0 Å². The molecule has 56 valence electrons. The largest absolute Gasteiger partial charge is 0.247 e. The SMILES string of the molecule is O=C=NC1(c2nccs2)CC1. The zero-order valence-corrected chi connectivity index (χ0v) is 6.60. The van der Waals surface area contributed by atoms with Gasteiger partial charge in [-0.1, -0.05) is 0 Å². The number of isocyanates is 1. The molecule has 0 atom stereocenters. The fourth-order valence-electron chi connectivity index (χ4n) is 1.03. The first-order chi connectivity index (χ1) is 5.37. The molecule has 0 bridgehead atoms. The Morgan fingerprint density at radius 1 is 1.73 bits per heavy atom. The third-order valence-corrected chi connectivity index (χ3v) is 2.78. The minimum absolute atomic E-state index is 0.268. The number of aliphatic imine (C=N–C) groups is 1. The molecule has 1 aliphatic carbocycles. The number of thiazole rings is 1. The molecule has 0 unspecified atom stereocenters. The quantitative estimate of drug-likeness (QED) is 0.493. The molecule has 3 nitrogen and oxygen atoms in total. The summed E-state index contributed by atoms with van der Waals surface area (Å²) in [6.07, 6.45) is 5.22. The Bertz CT molecular complexity index is 296. The van der Waals surface area contributed by atoms with E-state index in [2.05, 4.69) is 9.98 Å². The average Bonchev–Trinajstić information content (AvgIpc) is 2.63. The van der Waals surface area contributed by atoms with Gasteiger partial charge in [0.2, 0.25) is 6.08 Å². The van der Waals surface area contributed by atoms with Crippen LogP contribution in [0, 0.1) is 0 Å². The lowest BCUT2D eigenvalue weighted by Crippen LogP contribution is -2.00. The molecule has 0 amide bonds. The van der Waals surface area contributed by atoms with Crippen molar-refractivity contribution >= 4 is 17.4 Å². The summed E-state index contributed by atoms with van der Waals surface area (Å²) >= 11 is 1.55. The highest BCUT2D eigenvalue weighted by molar-refractivity contribution is 7.09. The number of aromatic nitrogens is 1. The summed E-state index contributed by atoms with van der Waals surface area (Å²) in [5.41, 5.74) is -0.268. The lowest BCUT2D eigenvalue weighted by molar-refractivity contribution is 0.556. The van der Waals surface area contributed by atoms with Gasteiger partial charge in [0.1, 0.15) is 10.5 Å². The first kappa shape index (κ1) is 6.70. The van der Waals surface area contributed by atoms with Crippen LogP contribution in [0.4, 0.5) is 0 Å². The van der Waals surface area contributed by atoms with Crippen LogP contribution in [-0.2, 0) is 10.3 Å². The van der Waals surface area contributed by atoms with Crippen LogP contribution in [0.2, 0.25) is 0 Å². The van der Waals surface area contributed by atoms with Gasteiger partial charge in [0.25, 0.3) is 0 Å². The van der Waals surface area contributed by atoms with Crippen molar-refractivity contribution < 1.29 is 4.79 Å². The van der Waals surface area contributed by atoms with Gasteiger partial charge in [0.05, 0.1) is 0 Å². The van der Waals surface area contributed by atoms with Crippen LogP contribution >= 0.6 is 11.3 Å². The summed E-state index contributed by atoms with van der Waals surface area (Å²) in [6, 6.07) is 0. The van der Waals surface area contributed by atoms with Crippen molar-refractivity contribution in [1.29, 1.82) is 0 Å². The van der Waals surface area contributed by atoms with Crippen molar-refractivity contribution in [2.75, 3.05) is 0 Å². The standard InChI is InChI=1S/C7H6N2OS/c10-5-9-7(1-2-7)6-8-3-4-11-6/h3-4H,1-2H2. The normalized spacial score (nSPS) is 18.9. The van der Waals surface area contributed by atoms with Gasteiger partial charge in [-0.2, -0.15) is 4.99 Å². The van der Waals surface area contributed by atoms with Crippen LogP contribution < -0.4 is 0 Å². The molecule has 1 aromatic rings. The van der Waals surface area contributed by atoms with E-state index in [9.17, 15) is 4.79 Å². The van der Waals surface area contributed by atoms with Gasteiger partial charge in [-0.15, -0.1) is 11.3 Å². The number of hydrogen-bond donors (Lipinski definition) is 0. The number of carbonyl (C=O) groups excluding carboxylic acids is 1. The molecule has 0 spiro atoms. The van der Waals surface area contributed by atoms with Crippen molar-refractivity contribution in [2.45, 2.75) is 18.4 Å². The van der Waals surface area contributed by atoms with E-state index in [-0.39, 0.29) is 5.54 Å². The van der Waals surface area contributed by atoms with Crippen molar-refractivity contribution in [3.05, 3.63) is 16.6 Å². The number of nitrogens with zero attached hydrogens (tertiary/aromatic N) is 2. The third kappa shape index (κ3) is 1.00. The molecular formula is C7H6N2OS. The van der Waals surface area contributed by atoms with Crippen LogP contribution in [0.25, 0.3) is 0 Å². The molecular weight excluding hydrogens is 160 g/mol. The Hall–Kier alpha value is -0.990. The molecule has 0 saturated heterocycles. The smallest absolute Gasteiger partial charge is 0.235 e. The number of hydrogen-bond acceptors (Lipinski definition) is 4. The van der Waals surface area contributed by atoms with E-state index in [0.29, 0.717) is 0 Å². The first-order valence-electron chi connectivity index (χ1n) is 3.36. The van der Waals surface area contributed by atoms with E-state index in [1.807, 2.05) is 5.38 Å². The minimum Gasteiger partial charge on any atom is -0.247 e. The highest BCUT2D eigenvalue weighted by Gasteiger charge is 2.47. The minimum atomic E-state index is -0.268. The molecule has 1 aromatic heterocycles. The van der Waals surface area contributed by atoms with E-state index in [1.54, 1.807) is 23.6 Å². The van der Waals surface area contributed by atoms with Crippen molar-refractivity contribution in [2.24, 2.45) is 4.99 Å². The average molecular weight is 166 g/mol. The van der Waals surface area contributed by atoms with Crippen molar-refractivity contribution in [3.8, 4) is 0 Å². The van der Waals surface area contributed by atoms with Gasteiger partial charge in [0, 0.05) is 11.6 Å². The fraction of sp³-hybridized carbons (Fsp3) is 0.429. The third-order valence-electron chi connectivity index (χ3n) is 1.81. The van der Waals surface area contributed by atoms with Gasteiger partial charge in [-0.05, 0) is 12.8 Å². The van der Waals surface area contributed by atoms with Gasteiger partial charge in [0.15, 0.2) is 0 Å². The predicted molar refractivity (Wildman–Crippen MR) is 41.1 cm³/mol. The molecule has 0 radical (unpaired) electrons. The second-order valence-corrected chi connectivity index (χ2v) is 3.47. The lowest BCUT2D eigenvalue weighted by Gasteiger charge is -1.99. The summed E-state index contributed by atoms with van der Waals surface area (Å²) in [5.74, 6) is 0. The van der Waals surface area contributed by atoms with E-state index < -0.39 is 0 Å². The van der Waals surface area contributed by atoms with Crippen LogP contribution in [0.1, 0.15) is 17.8 Å². The van der Waals surface area contributed by atoms with Crippen LogP contribution in [0.5, 0.6) is 0 Å². The molecule has 1 fully saturated rings. The molecule has 1 saturated carbocycles. The Morgan fingerprint density at radius 2 is 2.55 bits per heavy atom. The van der Waals surface area contributed by atoms with E-state index in [1.165, 1.54) is 0 Å². The molecule has 1 aliphatic rings. The highest BCUT2D eigenvalue weighted by atomic mass is 32.1. The Kier molecular flexibility index (Phi) is 1.37. The first-order valence-corrected chi connectivity index (χ1v) is 4.24. The van der Waals surface area contributed by atoms with Crippen molar-refractivity contribution in [1.82, 2.24) is 4.98 Å². The summed E-state index contributed by atoms with van der Waals surface area (Å²) < 4.78 is 0. The molecule has 11 heavy (non-hydrogen) atoms. The molecule has 0 aliphatic heterocycles. The zero-order chi connectivity index (χ0) is 7.73. The number of rotatable bonds is 2. The Morgan fingerprint density at radius 3 is 3.00 bits per heavy atom. The molecule has 0 N–H and O–H groups in total. The van der Waals surface area contributed by atoms with E-state index in [4.69, 9.17) is 0 Å². The maximum Gasteiger partial charge on any atom is 0.235 e. The van der Waals surface area contributed by atoms with E-state index in [0.717, 1.165) is 17.8 Å². The highest BCUT2D eigenvalue weighted by Crippen LogP contribution is 2.49. The monoisotopic (exact) mass is 166 g/mol. The predicted octanol–water partition coefficient (Wildman–Crippen LogP) is 1.47. The molecule has 4 heteroatoms. The van der Waals surface area contributed by atoms with Crippen LogP contribution in [0.15, 0.2) is 16.6 Å². The van der Waals surface area contributed by atoms with Gasteiger partial charge in [-0.25, -0.2) is 9.78 Å². The fourth-order valence-corrected chi connectivity index (χ4v) is 1.87. The topological polar surface area (TPSA) is 42.3 Å². The van der Waals surface area contributed by atoms with Crippen molar-refractivity contribution in [3.63, 3.8) is 0 Å². The second-order valence-electron chi connectivity index (χ2n) is 2.57. The second kappa shape index (κ2) is 2.26. The summed E-state index contributed by atoms with van der Waals surface area (Å²) in [5, 5.41) is 2.84. The zero-order valence-electron chi connectivity index (χ0n) is 5.78. The van der Waals surface area contributed by atoms with Gasteiger partial charge < -0.3 is 0 Å². The molecule has 2 rings (SSSR count). The Labute approximate surface area is 67.8 Å². The maximum absolute atomic E-state index is 10.0. The Balaban J connectivity index is 2.35. The summed E-state index contributed by atoms with van der Waals surface area (Å²) in [6.45, 7) is 0. The summed E-state index contributed by atoms with van der Waals surface area (Å²) in [7, 11) is 0. The molecule has 1 heterocycles. The summed E-state index contributed by atoms with van der Waals surface area (Å²) in [4.78, 5) is 17.9. The van der Waals surface area contributed by atoms with Gasteiger partial charge >= 0.3 is 0 Å². The van der Waals surface area contributed by atoms with Crippen LogP contribution in [-0.4, -0.2) is 11.1 Å². The van der Waals surface area contributed by atoms with Gasteiger partial charge in [-0.3, -0.25) is 0 Å². The maximum atomic E-state index is 10.0. The molecule has 0 aromatic carbocycles.